The highest BCUT2D eigenvalue weighted by Crippen LogP contribution is 2.35. The number of ether oxygens (including phenoxy) is 1. The van der Waals surface area contributed by atoms with E-state index in [0.29, 0.717) is 0 Å². The number of nitro benzene ring substituents is 1. The molecule has 0 spiro atoms. The van der Waals surface area contributed by atoms with Crippen LogP contribution in [0.2, 0.25) is 5.02 Å². The first-order valence-corrected chi connectivity index (χ1v) is 6.00. The molecule has 0 saturated heterocycles. The largest absolute Gasteiger partial charge is 0.450 e. The van der Waals surface area contributed by atoms with Crippen LogP contribution in [0.1, 0.15) is 5.56 Å². The van der Waals surface area contributed by atoms with Crippen molar-refractivity contribution >= 4 is 17.3 Å². The van der Waals surface area contributed by atoms with Gasteiger partial charge < -0.3 is 10.5 Å². The van der Waals surface area contributed by atoms with Gasteiger partial charge in [-0.25, -0.2) is 4.39 Å². The molecule has 7 heteroatoms. The van der Waals surface area contributed by atoms with Crippen molar-refractivity contribution in [1.29, 1.82) is 0 Å². The van der Waals surface area contributed by atoms with Gasteiger partial charge in [0.15, 0.2) is 0 Å². The Balaban J connectivity index is 2.47. The van der Waals surface area contributed by atoms with E-state index in [1.165, 1.54) is 36.4 Å². The van der Waals surface area contributed by atoms with Crippen LogP contribution in [0.4, 0.5) is 10.1 Å². The Kier molecular flexibility index (Phi) is 4.16. The van der Waals surface area contributed by atoms with E-state index in [2.05, 4.69) is 0 Å². The topological polar surface area (TPSA) is 78.4 Å². The average molecular weight is 297 g/mol. The molecular weight excluding hydrogens is 287 g/mol. The molecule has 2 aromatic carbocycles. The smallest absolute Gasteiger partial charge is 0.311 e. The van der Waals surface area contributed by atoms with E-state index in [0.717, 1.165) is 0 Å². The number of nitrogens with two attached hydrogens (primary N) is 1. The second-order valence-corrected chi connectivity index (χ2v) is 4.33. The van der Waals surface area contributed by atoms with Crippen LogP contribution < -0.4 is 10.5 Å². The summed E-state index contributed by atoms with van der Waals surface area (Å²) in [6, 6.07) is 8.05. The summed E-state index contributed by atoms with van der Waals surface area (Å²) < 4.78 is 19.0. The lowest BCUT2D eigenvalue weighted by atomic mass is 10.2. The van der Waals surface area contributed by atoms with Gasteiger partial charge in [-0.1, -0.05) is 17.7 Å². The van der Waals surface area contributed by atoms with Crippen molar-refractivity contribution in [3.8, 4) is 11.5 Å². The van der Waals surface area contributed by atoms with E-state index in [-0.39, 0.29) is 34.3 Å². The van der Waals surface area contributed by atoms with Gasteiger partial charge in [-0.15, -0.1) is 0 Å². The van der Waals surface area contributed by atoms with Crippen molar-refractivity contribution < 1.29 is 14.1 Å². The number of nitrogens with zero attached hydrogens (tertiary/aromatic N) is 1. The van der Waals surface area contributed by atoms with Crippen LogP contribution in [-0.2, 0) is 6.54 Å². The van der Waals surface area contributed by atoms with Crippen molar-refractivity contribution in [3.05, 3.63) is 62.9 Å². The summed E-state index contributed by atoms with van der Waals surface area (Å²) in [7, 11) is 0. The molecule has 0 aliphatic heterocycles. The molecule has 20 heavy (non-hydrogen) atoms. The number of rotatable bonds is 4. The molecule has 2 aromatic rings. The van der Waals surface area contributed by atoms with E-state index in [1.807, 2.05) is 0 Å². The van der Waals surface area contributed by atoms with Crippen molar-refractivity contribution in [2.24, 2.45) is 5.73 Å². The molecule has 0 aromatic heterocycles. The molecule has 2 N–H and O–H groups in total. The summed E-state index contributed by atoms with van der Waals surface area (Å²) in [6.07, 6.45) is 0. The Morgan fingerprint density at radius 2 is 2.05 bits per heavy atom. The zero-order valence-electron chi connectivity index (χ0n) is 10.2. The quantitative estimate of drug-likeness (QED) is 0.690. The van der Waals surface area contributed by atoms with Gasteiger partial charge >= 0.3 is 5.69 Å². The van der Waals surface area contributed by atoms with Crippen LogP contribution in [-0.4, -0.2) is 4.92 Å². The second-order valence-electron chi connectivity index (χ2n) is 3.89. The van der Waals surface area contributed by atoms with E-state index < -0.39 is 10.7 Å². The zero-order chi connectivity index (χ0) is 14.7. The van der Waals surface area contributed by atoms with Gasteiger partial charge in [0.1, 0.15) is 11.6 Å². The van der Waals surface area contributed by atoms with E-state index in [1.54, 1.807) is 0 Å². The van der Waals surface area contributed by atoms with Gasteiger partial charge in [-0.2, -0.15) is 0 Å². The minimum atomic E-state index is -0.604. The van der Waals surface area contributed by atoms with Crippen LogP contribution in [0.3, 0.4) is 0 Å². The maximum Gasteiger partial charge on any atom is 0.311 e. The molecule has 0 amide bonds. The molecule has 2 rings (SSSR count). The average Bonchev–Trinajstić information content (AvgIpc) is 2.38. The van der Waals surface area contributed by atoms with E-state index in [4.69, 9.17) is 22.1 Å². The molecule has 0 atom stereocenters. The lowest BCUT2D eigenvalue weighted by Crippen LogP contribution is -2.03. The Morgan fingerprint density at radius 3 is 2.70 bits per heavy atom. The SMILES string of the molecule is NCc1c(F)cccc1Oc1cc(Cl)ccc1[N+](=O)[O-]. The molecule has 104 valence electrons. The molecule has 0 bridgehead atoms. The highest BCUT2D eigenvalue weighted by Gasteiger charge is 2.18. The summed E-state index contributed by atoms with van der Waals surface area (Å²) in [5.74, 6) is -0.477. The maximum absolute atomic E-state index is 13.6. The van der Waals surface area contributed by atoms with Gasteiger partial charge in [-0.05, 0) is 18.2 Å². The fraction of sp³-hybridized carbons (Fsp3) is 0.0769. The summed E-state index contributed by atoms with van der Waals surface area (Å²) >= 11 is 5.79. The van der Waals surface area contributed by atoms with Crippen molar-refractivity contribution in [2.75, 3.05) is 0 Å². The molecule has 0 fully saturated rings. The van der Waals surface area contributed by atoms with Crippen LogP contribution >= 0.6 is 11.6 Å². The number of nitro groups is 1. The van der Waals surface area contributed by atoms with Gasteiger partial charge in [0.2, 0.25) is 5.75 Å². The summed E-state index contributed by atoms with van der Waals surface area (Å²) in [5, 5.41) is 11.2. The highest BCUT2D eigenvalue weighted by atomic mass is 35.5. The van der Waals surface area contributed by atoms with Crippen LogP contribution in [0.15, 0.2) is 36.4 Å². The fourth-order valence-corrected chi connectivity index (χ4v) is 1.83. The minimum Gasteiger partial charge on any atom is -0.450 e. The normalized spacial score (nSPS) is 10.3. The monoisotopic (exact) mass is 296 g/mol. The van der Waals surface area contributed by atoms with Gasteiger partial charge in [0.05, 0.1) is 4.92 Å². The molecule has 0 unspecified atom stereocenters. The van der Waals surface area contributed by atoms with Crippen molar-refractivity contribution in [1.82, 2.24) is 0 Å². The van der Waals surface area contributed by atoms with E-state index >= 15 is 0 Å². The summed E-state index contributed by atoms with van der Waals surface area (Å²) in [6.45, 7) is -0.0869. The standard InChI is InChI=1S/C13H10ClFN2O3/c14-8-4-5-11(17(18)19)13(6-8)20-12-3-1-2-10(15)9(12)7-16/h1-6H,7,16H2. The van der Waals surface area contributed by atoms with Crippen LogP contribution in [0.25, 0.3) is 0 Å². The van der Waals surface area contributed by atoms with Crippen molar-refractivity contribution in [2.45, 2.75) is 6.54 Å². The third-order valence-corrected chi connectivity index (χ3v) is 2.85. The van der Waals surface area contributed by atoms with Crippen LogP contribution in [0.5, 0.6) is 11.5 Å². The molecule has 0 aliphatic carbocycles. The van der Waals surface area contributed by atoms with Gasteiger partial charge in [0.25, 0.3) is 0 Å². The number of benzene rings is 2. The third-order valence-electron chi connectivity index (χ3n) is 2.62. The Bertz CT molecular complexity index is 664. The van der Waals surface area contributed by atoms with Gasteiger partial charge in [-0.3, -0.25) is 10.1 Å². The first kappa shape index (κ1) is 14.2. The molecule has 0 radical (unpaired) electrons. The minimum absolute atomic E-state index is 0.0669. The molecule has 0 heterocycles. The Morgan fingerprint density at radius 1 is 1.30 bits per heavy atom. The van der Waals surface area contributed by atoms with Crippen molar-refractivity contribution in [3.63, 3.8) is 0 Å². The van der Waals surface area contributed by atoms with Crippen LogP contribution in [0, 0.1) is 15.9 Å². The highest BCUT2D eigenvalue weighted by molar-refractivity contribution is 6.30. The number of hydrogen-bond acceptors (Lipinski definition) is 4. The van der Waals surface area contributed by atoms with E-state index in [9.17, 15) is 14.5 Å². The summed E-state index contributed by atoms with van der Waals surface area (Å²) in [4.78, 5) is 10.3. The third kappa shape index (κ3) is 2.87. The second kappa shape index (κ2) is 5.85. The number of hydrogen-bond donors (Lipinski definition) is 1. The predicted molar refractivity (Wildman–Crippen MR) is 72.5 cm³/mol. The molecule has 5 nitrogen and oxygen atoms in total. The first-order chi connectivity index (χ1) is 9.52. The predicted octanol–water partition coefficient (Wildman–Crippen LogP) is 3.64. The lowest BCUT2D eigenvalue weighted by molar-refractivity contribution is -0.385. The molecular formula is C13H10ClFN2O3. The van der Waals surface area contributed by atoms with Gasteiger partial charge in [0, 0.05) is 29.3 Å². The molecule has 0 saturated carbocycles. The zero-order valence-corrected chi connectivity index (χ0v) is 10.9. The Hall–Kier alpha value is -2.18. The summed E-state index contributed by atoms with van der Waals surface area (Å²) in [5.41, 5.74) is 5.33. The molecule has 0 aliphatic rings. The fourth-order valence-electron chi connectivity index (χ4n) is 1.67. The lowest BCUT2D eigenvalue weighted by Gasteiger charge is -2.11. The first-order valence-electron chi connectivity index (χ1n) is 5.62. The number of halogens is 2. The Labute approximate surface area is 118 Å². The maximum atomic E-state index is 13.6.